The number of urea groups is 1. The Morgan fingerprint density at radius 1 is 1.05 bits per heavy atom. The van der Waals surface area contributed by atoms with Gasteiger partial charge in [0.15, 0.2) is 0 Å². The van der Waals surface area contributed by atoms with Crippen LogP contribution >= 0.6 is 15.9 Å². The highest BCUT2D eigenvalue weighted by molar-refractivity contribution is 9.10. The maximum Gasteiger partial charge on any atom is 0.319 e. The summed E-state index contributed by atoms with van der Waals surface area (Å²) in [5, 5.41) is 8.31. The number of hydrogen-bond donors (Lipinski definition) is 3. The predicted molar refractivity (Wildman–Crippen MR) is 92.8 cm³/mol. The van der Waals surface area contributed by atoms with Gasteiger partial charge in [0, 0.05) is 16.2 Å². The molecule has 0 aromatic heterocycles. The molecule has 6 heteroatoms. The van der Waals surface area contributed by atoms with Crippen LogP contribution in [-0.2, 0) is 4.79 Å². The Balaban J connectivity index is 2.65. The SMILES string of the molecule is CC(C)C[C@H](NC(=O)Nc1ccc(Br)cc1)C(=O)NC(C)C. The van der Waals surface area contributed by atoms with Gasteiger partial charge < -0.3 is 16.0 Å². The molecule has 1 aromatic rings. The lowest BCUT2D eigenvalue weighted by Gasteiger charge is -2.21. The van der Waals surface area contributed by atoms with E-state index in [0.717, 1.165) is 4.47 Å². The van der Waals surface area contributed by atoms with Gasteiger partial charge in [0.25, 0.3) is 0 Å². The van der Waals surface area contributed by atoms with Gasteiger partial charge in [-0.3, -0.25) is 4.79 Å². The molecule has 0 unspecified atom stereocenters. The number of carbonyl (C=O) groups is 2. The van der Waals surface area contributed by atoms with Crippen molar-refractivity contribution in [3.8, 4) is 0 Å². The van der Waals surface area contributed by atoms with Crippen molar-refractivity contribution >= 4 is 33.6 Å². The van der Waals surface area contributed by atoms with Crippen molar-refractivity contribution in [3.63, 3.8) is 0 Å². The number of amides is 3. The molecule has 0 aliphatic rings. The Hall–Kier alpha value is -1.56. The fourth-order valence-electron chi connectivity index (χ4n) is 1.95. The summed E-state index contributed by atoms with van der Waals surface area (Å²) >= 11 is 3.34. The number of benzene rings is 1. The molecule has 0 heterocycles. The minimum Gasteiger partial charge on any atom is -0.352 e. The molecule has 1 atom stereocenters. The summed E-state index contributed by atoms with van der Waals surface area (Å²) in [4.78, 5) is 24.2. The highest BCUT2D eigenvalue weighted by Gasteiger charge is 2.22. The monoisotopic (exact) mass is 369 g/mol. The maximum absolute atomic E-state index is 12.2. The Morgan fingerprint density at radius 2 is 1.64 bits per heavy atom. The van der Waals surface area contributed by atoms with Gasteiger partial charge in [-0.2, -0.15) is 0 Å². The third-order valence-electron chi connectivity index (χ3n) is 2.86. The van der Waals surface area contributed by atoms with E-state index in [2.05, 4.69) is 31.9 Å². The fraction of sp³-hybridized carbons (Fsp3) is 0.500. The second-order valence-electron chi connectivity index (χ2n) is 5.95. The van der Waals surface area contributed by atoms with E-state index in [-0.39, 0.29) is 18.0 Å². The van der Waals surface area contributed by atoms with Crippen LogP contribution in [0.3, 0.4) is 0 Å². The van der Waals surface area contributed by atoms with Crippen molar-refractivity contribution < 1.29 is 9.59 Å². The number of anilines is 1. The molecular weight excluding hydrogens is 346 g/mol. The Bertz CT molecular complexity index is 501. The molecule has 0 aliphatic heterocycles. The number of hydrogen-bond acceptors (Lipinski definition) is 2. The zero-order chi connectivity index (χ0) is 16.7. The van der Waals surface area contributed by atoms with Gasteiger partial charge in [-0.15, -0.1) is 0 Å². The lowest BCUT2D eigenvalue weighted by Crippen LogP contribution is -2.50. The molecule has 22 heavy (non-hydrogen) atoms. The van der Waals surface area contributed by atoms with E-state index < -0.39 is 6.04 Å². The van der Waals surface area contributed by atoms with E-state index in [4.69, 9.17) is 0 Å². The average Bonchev–Trinajstić information content (AvgIpc) is 2.39. The van der Waals surface area contributed by atoms with Crippen LogP contribution in [0.4, 0.5) is 10.5 Å². The molecule has 0 radical (unpaired) electrons. The first-order valence-corrected chi connectivity index (χ1v) is 8.20. The first-order valence-electron chi connectivity index (χ1n) is 7.41. The second-order valence-corrected chi connectivity index (χ2v) is 6.87. The molecule has 1 aromatic carbocycles. The van der Waals surface area contributed by atoms with Crippen molar-refractivity contribution in [1.82, 2.24) is 10.6 Å². The van der Waals surface area contributed by atoms with E-state index in [0.29, 0.717) is 18.0 Å². The van der Waals surface area contributed by atoms with Gasteiger partial charge in [0.1, 0.15) is 6.04 Å². The first kappa shape index (κ1) is 18.5. The summed E-state index contributed by atoms with van der Waals surface area (Å²) in [6.45, 7) is 7.83. The zero-order valence-electron chi connectivity index (χ0n) is 13.4. The summed E-state index contributed by atoms with van der Waals surface area (Å²) in [6, 6.07) is 6.37. The molecule has 5 nitrogen and oxygen atoms in total. The molecule has 1 rings (SSSR count). The van der Waals surface area contributed by atoms with E-state index >= 15 is 0 Å². The Kier molecular flexibility index (Phi) is 7.38. The lowest BCUT2D eigenvalue weighted by molar-refractivity contribution is -0.123. The Morgan fingerprint density at radius 3 is 2.14 bits per heavy atom. The molecule has 0 saturated heterocycles. The van der Waals surface area contributed by atoms with Crippen molar-refractivity contribution in [2.75, 3.05) is 5.32 Å². The minimum absolute atomic E-state index is 0.0403. The fourth-order valence-corrected chi connectivity index (χ4v) is 2.21. The number of nitrogens with one attached hydrogen (secondary N) is 3. The van der Waals surface area contributed by atoms with Gasteiger partial charge >= 0.3 is 6.03 Å². The quantitative estimate of drug-likeness (QED) is 0.717. The van der Waals surface area contributed by atoms with Crippen LogP contribution in [0, 0.1) is 5.92 Å². The van der Waals surface area contributed by atoms with E-state index in [1.165, 1.54) is 0 Å². The number of rotatable bonds is 6. The Labute approximate surface area is 140 Å². The summed E-state index contributed by atoms with van der Waals surface area (Å²) < 4.78 is 0.937. The lowest BCUT2D eigenvalue weighted by atomic mass is 10.0. The molecule has 0 bridgehead atoms. The molecule has 0 spiro atoms. The van der Waals surface area contributed by atoms with Gasteiger partial charge in [-0.05, 0) is 50.5 Å². The highest BCUT2D eigenvalue weighted by Crippen LogP contribution is 2.14. The average molecular weight is 370 g/mol. The summed E-state index contributed by atoms with van der Waals surface area (Å²) in [5.74, 6) is 0.144. The number of halogens is 1. The van der Waals surface area contributed by atoms with Crippen LogP contribution < -0.4 is 16.0 Å². The maximum atomic E-state index is 12.2. The standard InChI is InChI=1S/C16H24BrN3O2/c1-10(2)9-14(15(21)18-11(3)4)20-16(22)19-13-7-5-12(17)6-8-13/h5-8,10-11,14H,9H2,1-4H3,(H,18,21)(H2,19,20,22)/t14-/m0/s1. The van der Waals surface area contributed by atoms with Gasteiger partial charge in [0.05, 0.1) is 0 Å². The smallest absolute Gasteiger partial charge is 0.319 e. The topological polar surface area (TPSA) is 70.2 Å². The van der Waals surface area contributed by atoms with Crippen LogP contribution in [0.1, 0.15) is 34.1 Å². The molecule has 0 aliphatic carbocycles. The number of carbonyl (C=O) groups excluding carboxylic acids is 2. The van der Waals surface area contributed by atoms with E-state index in [1.807, 2.05) is 39.8 Å². The molecule has 0 saturated carbocycles. The van der Waals surface area contributed by atoms with Gasteiger partial charge in [0.2, 0.25) is 5.91 Å². The van der Waals surface area contributed by atoms with Crippen LogP contribution in [0.5, 0.6) is 0 Å². The van der Waals surface area contributed by atoms with Crippen LogP contribution in [0.15, 0.2) is 28.7 Å². The van der Waals surface area contributed by atoms with Crippen molar-refractivity contribution in [2.45, 2.75) is 46.2 Å². The van der Waals surface area contributed by atoms with Crippen molar-refractivity contribution in [2.24, 2.45) is 5.92 Å². The first-order chi connectivity index (χ1) is 10.3. The van der Waals surface area contributed by atoms with Crippen molar-refractivity contribution in [3.05, 3.63) is 28.7 Å². The summed E-state index contributed by atoms with van der Waals surface area (Å²) in [5.41, 5.74) is 0.674. The largest absolute Gasteiger partial charge is 0.352 e. The van der Waals surface area contributed by atoms with Crippen LogP contribution in [0.25, 0.3) is 0 Å². The van der Waals surface area contributed by atoms with Gasteiger partial charge in [-0.1, -0.05) is 29.8 Å². The molecule has 3 N–H and O–H groups in total. The van der Waals surface area contributed by atoms with Crippen LogP contribution in [-0.4, -0.2) is 24.0 Å². The zero-order valence-corrected chi connectivity index (χ0v) is 15.0. The van der Waals surface area contributed by atoms with Gasteiger partial charge in [-0.25, -0.2) is 4.79 Å². The van der Waals surface area contributed by atoms with E-state index in [1.54, 1.807) is 12.1 Å². The highest BCUT2D eigenvalue weighted by atomic mass is 79.9. The predicted octanol–water partition coefficient (Wildman–Crippen LogP) is 3.51. The van der Waals surface area contributed by atoms with E-state index in [9.17, 15) is 9.59 Å². The van der Waals surface area contributed by atoms with Crippen LogP contribution in [0.2, 0.25) is 0 Å². The second kappa shape index (κ2) is 8.78. The molecule has 122 valence electrons. The molecule has 0 fully saturated rings. The molecular formula is C16H24BrN3O2. The summed E-state index contributed by atoms with van der Waals surface area (Å²) in [7, 11) is 0. The third-order valence-corrected chi connectivity index (χ3v) is 3.39. The normalized spacial score (nSPS) is 12.1. The minimum atomic E-state index is -0.544. The molecule has 3 amide bonds. The van der Waals surface area contributed by atoms with Crippen molar-refractivity contribution in [1.29, 1.82) is 0 Å². The third kappa shape index (κ3) is 6.93. The summed E-state index contributed by atoms with van der Waals surface area (Å²) in [6.07, 6.45) is 0.590.